The van der Waals surface area contributed by atoms with Gasteiger partial charge in [0.15, 0.2) is 5.82 Å². The average molecular weight is 321 g/mol. The number of rotatable bonds is 2. The number of hydrogen-bond acceptors (Lipinski definition) is 5. The number of methoxy groups -OCH3 is 1. The zero-order chi connectivity index (χ0) is 16.6. The number of fused-ring (bicyclic) bond motifs is 1. The summed E-state index contributed by atoms with van der Waals surface area (Å²) in [5.74, 6) is -0.0519. The summed E-state index contributed by atoms with van der Waals surface area (Å²) in [4.78, 5) is 39.1. The lowest BCUT2D eigenvalue weighted by molar-refractivity contribution is -0.130. The zero-order valence-electron chi connectivity index (χ0n) is 13.1. The Morgan fingerprint density at radius 2 is 2.17 bits per heavy atom. The molecule has 0 radical (unpaired) electrons. The molecule has 0 aromatic carbocycles. The fourth-order valence-electron chi connectivity index (χ4n) is 3.06. The molecule has 2 saturated heterocycles. The van der Waals surface area contributed by atoms with Crippen LogP contribution in [0.1, 0.15) is 23.3 Å². The molecule has 9 heteroatoms. The van der Waals surface area contributed by atoms with Crippen LogP contribution in [0.25, 0.3) is 0 Å². The highest BCUT2D eigenvalue weighted by Gasteiger charge is 2.37. The van der Waals surface area contributed by atoms with Gasteiger partial charge in [0, 0.05) is 45.2 Å². The summed E-state index contributed by atoms with van der Waals surface area (Å²) >= 11 is 0. The quantitative estimate of drug-likeness (QED) is 0.776. The Kier molecular flexibility index (Phi) is 3.93. The Labute approximate surface area is 133 Å². The molecule has 0 saturated carbocycles. The van der Waals surface area contributed by atoms with Crippen LogP contribution in [0.5, 0.6) is 0 Å². The van der Waals surface area contributed by atoms with E-state index in [2.05, 4.69) is 15.2 Å². The molecule has 1 atom stereocenters. The highest BCUT2D eigenvalue weighted by molar-refractivity contribution is 5.92. The number of urea groups is 1. The molecule has 2 aliphatic rings. The summed E-state index contributed by atoms with van der Waals surface area (Å²) in [7, 11) is 2.89. The topological polar surface area (TPSA) is 96.8 Å². The van der Waals surface area contributed by atoms with Crippen LogP contribution >= 0.6 is 0 Å². The first-order chi connectivity index (χ1) is 11.0. The monoisotopic (exact) mass is 321 g/mol. The first kappa shape index (κ1) is 15.3. The Balaban J connectivity index is 1.64. The highest BCUT2D eigenvalue weighted by Crippen LogP contribution is 2.23. The normalized spacial score (nSPS) is 20.4. The van der Waals surface area contributed by atoms with Crippen molar-refractivity contribution in [2.24, 2.45) is 7.05 Å². The molecule has 0 bridgehead atoms. The van der Waals surface area contributed by atoms with E-state index < -0.39 is 5.97 Å². The second-order valence-corrected chi connectivity index (χ2v) is 5.69. The molecule has 2 fully saturated rings. The highest BCUT2D eigenvalue weighted by atomic mass is 16.5. The molecule has 23 heavy (non-hydrogen) atoms. The van der Waals surface area contributed by atoms with Gasteiger partial charge in [-0.15, -0.1) is 0 Å². The van der Waals surface area contributed by atoms with Crippen molar-refractivity contribution in [1.82, 2.24) is 19.6 Å². The van der Waals surface area contributed by atoms with E-state index in [1.165, 1.54) is 17.9 Å². The lowest BCUT2D eigenvalue weighted by atomic mass is 10.2. The van der Waals surface area contributed by atoms with E-state index in [-0.39, 0.29) is 23.7 Å². The first-order valence-electron chi connectivity index (χ1n) is 7.47. The van der Waals surface area contributed by atoms with Gasteiger partial charge in [0.1, 0.15) is 5.69 Å². The number of amides is 3. The van der Waals surface area contributed by atoms with Crippen molar-refractivity contribution < 1.29 is 19.1 Å². The summed E-state index contributed by atoms with van der Waals surface area (Å²) in [6.07, 6.45) is 1.35. The number of hydrogen-bond donors (Lipinski definition) is 1. The lowest BCUT2D eigenvalue weighted by Crippen LogP contribution is -2.54. The second kappa shape index (κ2) is 5.90. The molecular weight excluding hydrogens is 302 g/mol. The maximum atomic E-state index is 12.3. The largest absolute Gasteiger partial charge is 0.464 e. The Morgan fingerprint density at radius 1 is 1.39 bits per heavy atom. The molecule has 3 amide bonds. The van der Waals surface area contributed by atoms with Gasteiger partial charge < -0.3 is 14.5 Å². The third kappa shape index (κ3) is 2.86. The molecule has 1 N–H and O–H groups in total. The number of aryl methyl sites for hydroxylation is 1. The smallest absolute Gasteiger partial charge is 0.356 e. The predicted octanol–water partition coefficient (Wildman–Crippen LogP) is 0.0452. The SMILES string of the molecule is COC(=O)c1cc(NC(=O)N2CCN3C(=O)CCC3C2)nn1C. The van der Waals surface area contributed by atoms with E-state index in [0.29, 0.717) is 31.9 Å². The molecule has 9 nitrogen and oxygen atoms in total. The Hall–Kier alpha value is -2.58. The van der Waals surface area contributed by atoms with E-state index in [1.54, 1.807) is 11.9 Å². The summed E-state index contributed by atoms with van der Waals surface area (Å²) < 4.78 is 6.00. The van der Waals surface area contributed by atoms with Crippen LogP contribution in [0, 0.1) is 0 Å². The summed E-state index contributed by atoms with van der Waals surface area (Å²) in [6, 6.07) is 1.30. The van der Waals surface area contributed by atoms with Gasteiger partial charge in [-0.1, -0.05) is 0 Å². The van der Waals surface area contributed by atoms with Gasteiger partial charge in [0.2, 0.25) is 5.91 Å². The van der Waals surface area contributed by atoms with Gasteiger partial charge in [-0.3, -0.25) is 14.8 Å². The van der Waals surface area contributed by atoms with Gasteiger partial charge in [-0.25, -0.2) is 9.59 Å². The van der Waals surface area contributed by atoms with E-state index in [9.17, 15) is 14.4 Å². The molecule has 2 aliphatic heterocycles. The van der Waals surface area contributed by atoms with Crippen molar-refractivity contribution in [2.45, 2.75) is 18.9 Å². The van der Waals surface area contributed by atoms with Gasteiger partial charge >= 0.3 is 12.0 Å². The van der Waals surface area contributed by atoms with Crippen LogP contribution in [-0.4, -0.2) is 70.3 Å². The molecular formula is C14H19N5O4. The third-order valence-electron chi connectivity index (χ3n) is 4.29. The number of aromatic nitrogens is 2. The van der Waals surface area contributed by atoms with Crippen LogP contribution in [0.2, 0.25) is 0 Å². The number of ether oxygens (including phenoxy) is 1. The van der Waals surface area contributed by atoms with Crippen molar-refractivity contribution >= 4 is 23.7 Å². The Morgan fingerprint density at radius 3 is 2.91 bits per heavy atom. The van der Waals surface area contributed by atoms with Crippen molar-refractivity contribution in [3.05, 3.63) is 11.8 Å². The number of carbonyl (C=O) groups excluding carboxylic acids is 3. The maximum absolute atomic E-state index is 12.3. The van der Waals surface area contributed by atoms with E-state index in [1.807, 2.05) is 4.90 Å². The van der Waals surface area contributed by atoms with E-state index in [4.69, 9.17) is 0 Å². The fourth-order valence-corrected chi connectivity index (χ4v) is 3.06. The standard InChI is InChI=1S/C14H19N5O4/c1-17-10(13(21)23-2)7-11(16-17)15-14(22)18-5-6-19-9(8-18)3-4-12(19)20/h7,9H,3-6,8H2,1-2H3,(H,15,16,22). The molecule has 124 valence electrons. The third-order valence-corrected chi connectivity index (χ3v) is 4.29. The fraction of sp³-hybridized carbons (Fsp3) is 0.571. The first-order valence-corrected chi connectivity index (χ1v) is 7.47. The van der Waals surface area contributed by atoms with Crippen molar-refractivity contribution in [3.8, 4) is 0 Å². The summed E-state index contributed by atoms with van der Waals surface area (Å²) in [6.45, 7) is 1.57. The summed E-state index contributed by atoms with van der Waals surface area (Å²) in [5, 5.41) is 6.77. The van der Waals surface area contributed by atoms with Crippen LogP contribution in [0.4, 0.5) is 10.6 Å². The van der Waals surface area contributed by atoms with Crippen molar-refractivity contribution in [2.75, 3.05) is 32.1 Å². The van der Waals surface area contributed by atoms with Crippen LogP contribution in [0.3, 0.4) is 0 Å². The molecule has 3 rings (SSSR count). The number of esters is 1. The number of nitrogens with zero attached hydrogens (tertiary/aromatic N) is 4. The summed E-state index contributed by atoms with van der Waals surface area (Å²) in [5.41, 5.74) is 0.258. The minimum Gasteiger partial charge on any atom is -0.464 e. The minimum atomic E-state index is -0.515. The maximum Gasteiger partial charge on any atom is 0.356 e. The number of nitrogens with one attached hydrogen (secondary N) is 1. The van der Waals surface area contributed by atoms with Gasteiger partial charge in [0.25, 0.3) is 0 Å². The van der Waals surface area contributed by atoms with Crippen molar-refractivity contribution in [1.29, 1.82) is 0 Å². The molecule has 1 aromatic rings. The van der Waals surface area contributed by atoms with Crippen molar-refractivity contribution in [3.63, 3.8) is 0 Å². The van der Waals surface area contributed by atoms with Gasteiger partial charge in [-0.2, -0.15) is 5.10 Å². The number of anilines is 1. The molecule has 0 spiro atoms. The predicted molar refractivity (Wildman–Crippen MR) is 79.9 cm³/mol. The van der Waals surface area contributed by atoms with Gasteiger partial charge in [-0.05, 0) is 6.42 Å². The number of piperazine rings is 1. The number of carbonyl (C=O) groups is 3. The second-order valence-electron chi connectivity index (χ2n) is 5.69. The zero-order valence-corrected chi connectivity index (χ0v) is 13.1. The van der Waals surface area contributed by atoms with Crippen LogP contribution in [-0.2, 0) is 16.6 Å². The Bertz CT molecular complexity index is 656. The van der Waals surface area contributed by atoms with Crippen LogP contribution < -0.4 is 5.32 Å². The minimum absolute atomic E-state index is 0.108. The average Bonchev–Trinajstić information content (AvgIpc) is 3.09. The molecule has 0 aliphatic carbocycles. The molecule has 1 unspecified atom stereocenters. The molecule has 1 aromatic heterocycles. The molecule has 3 heterocycles. The van der Waals surface area contributed by atoms with Gasteiger partial charge in [0.05, 0.1) is 7.11 Å². The van der Waals surface area contributed by atoms with E-state index >= 15 is 0 Å². The van der Waals surface area contributed by atoms with E-state index in [0.717, 1.165) is 6.42 Å². The van der Waals surface area contributed by atoms with Crippen LogP contribution in [0.15, 0.2) is 6.07 Å². The lowest BCUT2D eigenvalue weighted by Gasteiger charge is -2.37.